The zero-order chi connectivity index (χ0) is 14.0. The van der Waals surface area contributed by atoms with Gasteiger partial charge in [-0.2, -0.15) is 0 Å². The predicted molar refractivity (Wildman–Crippen MR) is 70.7 cm³/mol. The van der Waals surface area contributed by atoms with Crippen LogP contribution in [0.5, 0.6) is 0 Å². The van der Waals surface area contributed by atoms with Gasteiger partial charge in [0, 0.05) is 32.1 Å². The van der Waals surface area contributed by atoms with Crippen LogP contribution in [0.4, 0.5) is 0 Å². The maximum atomic E-state index is 11.9. The first-order valence-electron chi connectivity index (χ1n) is 6.37. The molecule has 2 heterocycles. The van der Waals surface area contributed by atoms with E-state index in [-0.39, 0.29) is 18.4 Å². The first-order valence-corrected chi connectivity index (χ1v) is 6.78. The lowest BCUT2D eigenvalue weighted by Gasteiger charge is -2.37. The first kappa shape index (κ1) is 14.0. The van der Waals surface area contributed by atoms with Crippen molar-refractivity contribution in [1.29, 1.82) is 0 Å². The Morgan fingerprint density at radius 2 is 2.05 bits per heavy atom. The lowest BCUT2D eigenvalue weighted by Crippen LogP contribution is -2.70. The number of hydrogen-bond donors (Lipinski definition) is 3. The third-order valence-electron chi connectivity index (χ3n) is 3.85. The number of nitrogens with zero attached hydrogens (tertiary/aromatic N) is 2. The highest BCUT2D eigenvalue weighted by atomic mass is 32.1. The average molecular weight is 287 g/mol. The number of nitrogens with one attached hydrogen (secondary N) is 1. The Hall–Kier alpha value is -1.41. The van der Waals surface area contributed by atoms with E-state index < -0.39 is 11.9 Å². The normalized spacial score (nSPS) is 24.7. The van der Waals surface area contributed by atoms with Crippen LogP contribution in [-0.2, 0) is 9.59 Å². The highest BCUT2D eigenvalue weighted by Gasteiger charge is 2.38. The molecular weight excluding hydrogens is 268 g/mol. The van der Waals surface area contributed by atoms with Crippen LogP contribution in [0.15, 0.2) is 0 Å². The number of piperidine rings is 1. The van der Waals surface area contributed by atoms with Crippen molar-refractivity contribution in [2.75, 3.05) is 19.6 Å². The van der Waals surface area contributed by atoms with Crippen LogP contribution in [0.1, 0.15) is 19.3 Å². The third-order valence-corrected chi connectivity index (χ3v) is 4.25. The van der Waals surface area contributed by atoms with Gasteiger partial charge in [-0.15, -0.1) is 0 Å². The Bertz CT molecular complexity index is 395. The second kappa shape index (κ2) is 5.70. The monoisotopic (exact) mass is 287 g/mol. The quantitative estimate of drug-likeness (QED) is 0.418. The molecule has 106 valence electrons. The zero-order valence-electron chi connectivity index (χ0n) is 10.7. The highest BCUT2D eigenvalue weighted by Crippen LogP contribution is 2.25. The topological polar surface area (TPSA) is 101 Å². The largest absolute Gasteiger partial charge is 0.481 e. The highest BCUT2D eigenvalue weighted by molar-refractivity contribution is 7.80. The van der Waals surface area contributed by atoms with Gasteiger partial charge in [-0.05, 0) is 25.1 Å². The first-order chi connectivity index (χ1) is 9.02. The van der Waals surface area contributed by atoms with Crippen molar-refractivity contribution < 1.29 is 20.5 Å². The molecule has 1 amide bonds. The molecule has 2 rings (SSSR count). The number of quaternary nitrogens is 1. The maximum absolute atomic E-state index is 11.9. The van der Waals surface area contributed by atoms with Crippen LogP contribution >= 0.6 is 12.2 Å². The van der Waals surface area contributed by atoms with Crippen LogP contribution in [0.25, 0.3) is 0 Å². The smallest absolute Gasteiger partial charge is 0.308 e. The van der Waals surface area contributed by atoms with E-state index in [1.807, 2.05) is 4.90 Å². The lowest BCUT2D eigenvalue weighted by molar-refractivity contribution is -0.420. The molecule has 2 aliphatic rings. The standard InChI is InChI=1S/C11H18N4O3S/c12-13-11(19)14-3-1-8(2-4-14)15-6-7(10(17)18)5-9(15)16/h7-8H,1-6,12H2,(H,13,19)(H,17,18)/p+1. The number of aliphatic carboxylic acids is 1. The molecule has 2 saturated heterocycles. The lowest BCUT2D eigenvalue weighted by atomic mass is 10.0. The molecule has 2 fully saturated rings. The van der Waals surface area contributed by atoms with Gasteiger partial charge in [-0.3, -0.25) is 15.4 Å². The molecule has 0 saturated carbocycles. The number of likely N-dealkylation sites (tertiary alicyclic amines) is 2. The Labute approximate surface area is 116 Å². The van der Waals surface area contributed by atoms with Gasteiger partial charge in [-0.1, -0.05) is 0 Å². The van der Waals surface area contributed by atoms with Crippen molar-refractivity contribution in [3.8, 4) is 0 Å². The van der Waals surface area contributed by atoms with E-state index in [1.165, 1.54) is 0 Å². The molecule has 1 unspecified atom stereocenters. The van der Waals surface area contributed by atoms with Crippen LogP contribution < -0.4 is 11.3 Å². The fraction of sp³-hybridized carbons (Fsp3) is 0.727. The Morgan fingerprint density at radius 1 is 1.42 bits per heavy atom. The minimum atomic E-state index is -0.879. The Morgan fingerprint density at radius 3 is 2.53 bits per heavy atom. The Kier molecular flexibility index (Phi) is 4.20. The van der Waals surface area contributed by atoms with E-state index in [1.54, 1.807) is 4.90 Å². The molecule has 0 aromatic rings. The summed E-state index contributed by atoms with van der Waals surface area (Å²) in [5, 5.41) is 9.59. The Balaban J connectivity index is 1.90. The van der Waals surface area contributed by atoms with Crippen LogP contribution in [0.2, 0.25) is 0 Å². The van der Waals surface area contributed by atoms with Crippen LogP contribution in [-0.4, -0.2) is 57.6 Å². The van der Waals surface area contributed by atoms with Crippen molar-refractivity contribution in [3.05, 3.63) is 0 Å². The summed E-state index contributed by atoms with van der Waals surface area (Å²) in [7, 11) is 0. The van der Waals surface area contributed by atoms with Crippen molar-refractivity contribution >= 4 is 29.2 Å². The summed E-state index contributed by atoms with van der Waals surface area (Å²) in [6, 6.07) is 0.140. The van der Waals surface area contributed by atoms with E-state index in [2.05, 4.69) is 11.3 Å². The second-order valence-electron chi connectivity index (χ2n) is 4.99. The van der Waals surface area contributed by atoms with E-state index in [0.717, 1.165) is 25.9 Å². The molecule has 0 aromatic heterocycles. The van der Waals surface area contributed by atoms with E-state index in [9.17, 15) is 9.59 Å². The predicted octanol–water partition coefficient (Wildman–Crippen LogP) is -1.58. The number of rotatable bonds is 2. The zero-order valence-corrected chi connectivity index (χ0v) is 11.5. The fourth-order valence-corrected chi connectivity index (χ4v) is 2.92. The fourth-order valence-electron chi connectivity index (χ4n) is 2.74. The van der Waals surface area contributed by atoms with Gasteiger partial charge < -0.3 is 14.9 Å². The SMILES string of the molecule is [NH3+]NC(=S)N1CCC(N2CC(C(=O)O)CC2=O)CC1. The average Bonchev–Trinajstić information content (AvgIpc) is 2.80. The number of carbonyl (C=O) groups excluding carboxylic acids is 1. The number of thiocarbonyl (C=S) groups is 1. The van der Waals surface area contributed by atoms with E-state index in [4.69, 9.17) is 17.3 Å². The second-order valence-corrected chi connectivity index (χ2v) is 5.37. The summed E-state index contributed by atoms with van der Waals surface area (Å²) in [6.07, 6.45) is 1.77. The van der Waals surface area contributed by atoms with E-state index >= 15 is 0 Å². The molecule has 5 N–H and O–H groups in total. The summed E-state index contributed by atoms with van der Waals surface area (Å²) in [4.78, 5) is 26.6. The van der Waals surface area contributed by atoms with Gasteiger partial charge in [0.05, 0.1) is 5.92 Å². The van der Waals surface area contributed by atoms with Gasteiger partial charge >= 0.3 is 5.97 Å². The summed E-state index contributed by atoms with van der Waals surface area (Å²) in [5.41, 5.74) is 2.70. The molecule has 1 atom stereocenters. The number of hydrogen-bond acceptors (Lipinski definition) is 3. The molecule has 0 aliphatic carbocycles. The van der Waals surface area contributed by atoms with Gasteiger partial charge in [-0.25, -0.2) is 5.43 Å². The summed E-state index contributed by atoms with van der Waals surface area (Å²) < 4.78 is 0. The van der Waals surface area contributed by atoms with E-state index in [0.29, 0.717) is 11.7 Å². The molecule has 0 bridgehead atoms. The van der Waals surface area contributed by atoms with Crippen molar-refractivity contribution in [2.45, 2.75) is 25.3 Å². The van der Waals surface area contributed by atoms with Crippen molar-refractivity contribution in [2.24, 2.45) is 5.92 Å². The van der Waals surface area contributed by atoms with Crippen LogP contribution in [0, 0.1) is 5.92 Å². The molecule has 0 spiro atoms. The minimum Gasteiger partial charge on any atom is -0.481 e. The number of carboxylic acids is 1. The van der Waals surface area contributed by atoms with Gasteiger partial charge in [0.2, 0.25) is 11.0 Å². The third kappa shape index (κ3) is 2.95. The molecule has 19 heavy (non-hydrogen) atoms. The molecule has 0 radical (unpaired) electrons. The number of carboxylic acid groups (broad SMARTS) is 1. The summed E-state index contributed by atoms with van der Waals surface area (Å²) in [6.45, 7) is 1.89. The molecule has 0 aromatic carbocycles. The van der Waals surface area contributed by atoms with Gasteiger partial charge in [0.25, 0.3) is 0 Å². The maximum Gasteiger partial charge on any atom is 0.308 e. The minimum absolute atomic E-state index is 0.0382. The number of carbonyl (C=O) groups is 2. The molecular formula is C11H19N4O3S+. The summed E-state index contributed by atoms with van der Waals surface area (Å²) in [5.74, 6) is 2.07. The van der Waals surface area contributed by atoms with Crippen molar-refractivity contribution in [1.82, 2.24) is 15.2 Å². The molecule has 8 heteroatoms. The van der Waals surface area contributed by atoms with Crippen LogP contribution in [0.3, 0.4) is 0 Å². The van der Waals surface area contributed by atoms with Gasteiger partial charge in [0.1, 0.15) is 0 Å². The van der Waals surface area contributed by atoms with Gasteiger partial charge in [0.15, 0.2) is 0 Å². The molecule has 7 nitrogen and oxygen atoms in total. The number of amides is 1. The van der Waals surface area contributed by atoms with Crippen molar-refractivity contribution in [3.63, 3.8) is 0 Å². The molecule has 2 aliphatic heterocycles. The summed E-state index contributed by atoms with van der Waals surface area (Å²) >= 11 is 5.12.